The second kappa shape index (κ2) is 12.7. The summed E-state index contributed by atoms with van der Waals surface area (Å²) >= 11 is 14.0. The highest BCUT2D eigenvalue weighted by atomic mass is 35.5. The summed E-state index contributed by atoms with van der Waals surface area (Å²) in [7, 11) is 1.59. The van der Waals surface area contributed by atoms with Crippen LogP contribution in [0.5, 0.6) is 0 Å². The van der Waals surface area contributed by atoms with Crippen molar-refractivity contribution >= 4 is 46.8 Å². The van der Waals surface area contributed by atoms with Crippen molar-refractivity contribution in [2.75, 3.05) is 12.8 Å². The number of nitrogens with zero attached hydrogens (tertiary/aromatic N) is 1. The van der Waals surface area contributed by atoms with E-state index in [9.17, 15) is 9.59 Å². The van der Waals surface area contributed by atoms with Crippen molar-refractivity contribution in [3.63, 3.8) is 0 Å². The standard InChI is InChI=1S/C26H26Cl2N2O2S/c1-29-26(32)24(14-19-8-4-2-5-9-19)30(16-21-12-13-22(27)15-23(21)28)25(31)18-33-17-20-10-6-3-7-11-20/h2-13,15,24H,14,16-18H2,1H3,(H,29,32)/t24-/m1/s1. The summed E-state index contributed by atoms with van der Waals surface area (Å²) in [6.07, 6.45) is 0.404. The molecule has 0 fully saturated rings. The third-order valence-corrected chi connectivity index (χ3v) is 6.79. The van der Waals surface area contributed by atoms with Crippen LogP contribution in [0.15, 0.2) is 78.9 Å². The van der Waals surface area contributed by atoms with Gasteiger partial charge in [-0.05, 0) is 28.8 Å². The van der Waals surface area contributed by atoms with Crippen molar-refractivity contribution in [1.82, 2.24) is 10.2 Å². The molecule has 33 heavy (non-hydrogen) atoms. The van der Waals surface area contributed by atoms with Crippen LogP contribution in [0.4, 0.5) is 0 Å². The lowest BCUT2D eigenvalue weighted by Crippen LogP contribution is -2.50. The fourth-order valence-electron chi connectivity index (χ4n) is 3.47. The van der Waals surface area contributed by atoms with Crippen molar-refractivity contribution in [3.8, 4) is 0 Å². The van der Waals surface area contributed by atoms with E-state index < -0.39 is 6.04 Å². The van der Waals surface area contributed by atoms with Gasteiger partial charge in [-0.2, -0.15) is 0 Å². The highest BCUT2D eigenvalue weighted by Crippen LogP contribution is 2.25. The lowest BCUT2D eigenvalue weighted by Gasteiger charge is -2.31. The maximum absolute atomic E-state index is 13.4. The Kier molecular flexibility index (Phi) is 9.67. The minimum Gasteiger partial charge on any atom is -0.357 e. The number of amides is 2. The summed E-state index contributed by atoms with van der Waals surface area (Å²) in [5, 5.41) is 3.70. The molecule has 0 spiro atoms. The Morgan fingerprint density at radius 1 is 0.939 bits per heavy atom. The molecule has 7 heteroatoms. The zero-order valence-electron chi connectivity index (χ0n) is 18.3. The molecule has 0 saturated heterocycles. The van der Waals surface area contributed by atoms with Crippen LogP contribution in [0, 0.1) is 0 Å². The molecule has 0 heterocycles. The number of nitrogens with one attached hydrogen (secondary N) is 1. The van der Waals surface area contributed by atoms with E-state index in [0.29, 0.717) is 22.2 Å². The zero-order valence-corrected chi connectivity index (χ0v) is 20.7. The number of likely N-dealkylation sites (N-methyl/N-ethyl adjacent to an activating group) is 1. The average molecular weight is 501 g/mol. The molecule has 3 aromatic carbocycles. The minimum absolute atomic E-state index is 0.119. The SMILES string of the molecule is CNC(=O)[C@@H](Cc1ccccc1)N(Cc1ccc(Cl)cc1Cl)C(=O)CSCc1ccccc1. The largest absolute Gasteiger partial charge is 0.357 e. The average Bonchev–Trinajstić information content (AvgIpc) is 2.83. The lowest BCUT2D eigenvalue weighted by molar-refractivity contribution is -0.139. The monoisotopic (exact) mass is 500 g/mol. The molecule has 0 aliphatic rings. The van der Waals surface area contributed by atoms with Crippen LogP contribution in [0.2, 0.25) is 10.0 Å². The number of halogens is 2. The van der Waals surface area contributed by atoms with Gasteiger partial charge in [-0.3, -0.25) is 9.59 Å². The van der Waals surface area contributed by atoms with Crippen molar-refractivity contribution < 1.29 is 9.59 Å². The molecule has 3 rings (SSSR count). The van der Waals surface area contributed by atoms with Gasteiger partial charge < -0.3 is 10.2 Å². The third-order valence-electron chi connectivity index (χ3n) is 5.21. The van der Waals surface area contributed by atoms with Crippen molar-refractivity contribution in [2.45, 2.75) is 24.8 Å². The topological polar surface area (TPSA) is 49.4 Å². The normalized spacial score (nSPS) is 11.6. The first kappa shape index (κ1) is 25.2. The van der Waals surface area contributed by atoms with Gasteiger partial charge >= 0.3 is 0 Å². The molecule has 0 aromatic heterocycles. The summed E-state index contributed by atoms with van der Waals surface area (Å²) in [4.78, 5) is 28.0. The summed E-state index contributed by atoms with van der Waals surface area (Å²) in [5.74, 6) is 0.630. The molecule has 1 N–H and O–H groups in total. The van der Waals surface area contributed by atoms with E-state index in [1.807, 2.05) is 60.7 Å². The maximum atomic E-state index is 13.4. The summed E-state index contributed by atoms with van der Waals surface area (Å²) < 4.78 is 0. The van der Waals surface area contributed by atoms with E-state index in [1.54, 1.807) is 30.1 Å². The van der Waals surface area contributed by atoms with E-state index in [2.05, 4.69) is 5.32 Å². The second-order valence-corrected chi connectivity index (χ2v) is 9.38. The van der Waals surface area contributed by atoms with E-state index in [4.69, 9.17) is 23.2 Å². The first-order chi connectivity index (χ1) is 16.0. The first-order valence-corrected chi connectivity index (χ1v) is 12.5. The molecule has 0 bridgehead atoms. The predicted octanol–water partition coefficient (Wildman–Crippen LogP) is 5.61. The lowest BCUT2D eigenvalue weighted by atomic mass is 10.0. The Morgan fingerprint density at radius 3 is 2.18 bits per heavy atom. The van der Waals surface area contributed by atoms with Gasteiger partial charge in [-0.25, -0.2) is 0 Å². The van der Waals surface area contributed by atoms with Crippen LogP contribution < -0.4 is 5.32 Å². The van der Waals surface area contributed by atoms with Gasteiger partial charge in [-0.1, -0.05) is 89.9 Å². The highest BCUT2D eigenvalue weighted by Gasteiger charge is 2.30. The summed E-state index contributed by atoms with van der Waals surface area (Å²) in [5.41, 5.74) is 2.86. The molecule has 3 aromatic rings. The number of benzene rings is 3. The highest BCUT2D eigenvalue weighted by molar-refractivity contribution is 7.99. The molecule has 0 aliphatic heterocycles. The number of carbonyl (C=O) groups excluding carboxylic acids is 2. The van der Waals surface area contributed by atoms with E-state index in [-0.39, 0.29) is 24.1 Å². The smallest absolute Gasteiger partial charge is 0.242 e. The Bertz CT molecular complexity index is 1060. The second-order valence-electron chi connectivity index (χ2n) is 7.56. The summed E-state index contributed by atoms with van der Waals surface area (Å²) in [6.45, 7) is 0.214. The van der Waals surface area contributed by atoms with E-state index >= 15 is 0 Å². The van der Waals surface area contributed by atoms with Gasteiger partial charge in [0, 0.05) is 35.8 Å². The quantitative estimate of drug-likeness (QED) is 0.393. The number of hydrogen-bond acceptors (Lipinski definition) is 3. The van der Waals surface area contributed by atoms with Crippen molar-refractivity contribution in [2.24, 2.45) is 0 Å². The minimum atomic E-state index is -0.672. The predicted molar refractivity (Wildman–Crippen MR) is 138 cm³/mol. The van der Waals surface area contributed by atoms with Crippen LogP contribution in [0.3, 0.4) is 0 Å². The maximum Gasteiger partial charge on any atom is 0.242 e. The number of thioether (sulfide) groups is 1. The van der Waals surface area contributed by atoms with Gasteiger partial charge in [0.1, 0.15) is 6.04 Å². The van der Waals surface area contributed by atoms with Crippen LogP contribution in [-0.4, -0.2) is 35.6 Å². The Hall–Kier alpha value is -2.47. The molecule has 172 valence electrons. The van der Waals surface area contributed by atoms with Crippen LogP contribution in [-0.2, 0) is 28.3 Å². The molecule has 0 saturated carbocycles. The van der Waals surface area contributed by atoms with Crippen LogP contribution >= 0.6 is 35.0 Å². The fraction of sp³-hybridized carbons (Fsp3) is 0.231. The van der Waals surface area contributed by atoms with Crippen LogP contribution in [0.1, 0.15) is 16.7 Å². The fourth-order valence-corrected chi connectivity index (χ4v) is 4.81. The van der Waals surface area contributed by atoms with Gasteiger partial charge in [0.2, 0.25) is 11.8 Å². The molecule has 4 nitrogen and oxygen atoms in total. The van der Waals surface area contributed by atoms with Crippen molar-refractivity contribution in [3.05, 3.63) is 106 Å². The number of rotatable bonds is 10. The first-order valence-electron chi connectivity index (χ1n) is 10.6. The van der Waals surface area contributed by atoms with E-state index in [1.165, 1.54) is 11.8 Å². The Morgan fingerprint density at radius 2 is 1.58 bits per heavy atom. The third kappa shape index (κ3) is 7.53. The number of hydrogen-bond donors (Lipinski definition) is 1. The van der Waals surface area contributed by atoms with Crippen molar-refractivity contribution in [1.29, 1.82) is 0 Å². The molecule has 2 amide bonds. The molecule has 0 aliphatic carbocycles. The Balaban J connectivity index is 1.84. The number of carbonyl (C=O) groups is 2. The zero-order chi connectivity index (χ0) is 23.6. The van der Waals surface area contributed by atoms with E-state index in [0.717, 1.165) is 16.7 Å². The van der Waals surface area contributed by atoms with Crippen LogP contribution in [0.25, 0.3) is 0 Å². The molecular formula is C26H26Cl2N2O2S. The molecule has 0 radical (unpaired) electrons. The molecular weight excluding hydrogens is 475 g/mol. The van der Waals surface area contributed by atoms with Gasteiger partial charge in [0.05, 0.1) is 5.75 Å². The van der Waals surface area contributed by atoms with Gasteiger partial charge in [-0.15, -0.1) is 11.8 Å². The Labute approximate surface area is 209 Å². The molecule has 0 unspecified atom stereocenters. The van der Waals surface area contributed by atoms with Gasteiger partial charge in [0.25, 0.3) is 0 Å². The molecule has 1 atom stereocenters. The van der Waals surface area contributed by atoms with Gasteiger partial charge in [0.15, 0.2) is 0 Å². The summed E-state index contributed by atoms with van der Waals surface area (Å²) in [6, 6.07) is 24.2.